The van der Waals surface area contributed by atoms with Crippen LogP contribution < -0.4 is 24.8 Å². The van der Waals surface area contributed by atoms with Gasteiger partial charge in [0.05, 0.1) is 26.0 Å². The Hall–Kier alpha value is -3.83. The van der Waals surface area contributed by atoms with Gasteiger partial charge in [-0.1, -0.05) is 31.5 Å². The van der Waals surface area contributed by atoms with E-state index in [0.717, 1.165) is 29.7 Å². The smallest absolute Gasteiger partial charge is 0.308 e. The van der Waals surface area contributed by atoms with Gasteiger partial charge >= 0.3 is 5.97 Å². The quantitative estimate of drug-likeness (QED) is 0.366. The van der Waals surface area contributed by atoms with Gasteiger partial charge in [0.1, 0.15) is 0 Å². The lowest BCUT2D eigenvalue weighted by molar-refractivity contribution is -0.143. The number of fused-ring (bicyclic) bond motifs is 2. The molecule has 3 atom stereocenters. The van der Waals surface area contributed by atoms with Crippen molar-refractivity contribution in [2.45, 2.75) is 44.6 Å². The van der Waals surface area contributed by atoms with Crippen molar-refractivity contribution in [3.63, 3.8) is 0 Å². The Morgan fingerprint density at radius 1 is 1.19 bits per heavy atom. The fourth-order valence-electron chi connectivity index (χ4n) is 6.52. The van der Waals surface area contributed by atoms with E-state index < -0.39 is 23.8 Å². The molecule has 11 heteroatoms. The van der Waals surface area contributed by atoms with Crippen molar-refractivity contribution in [2.75, 3.05) is 58.1 Å². The second kappa shape index (κ2) is 13.0. The predicted molar refractivity (Wildman–Crippen MR) is 156 cm³/mol. The van der Waals surface area contributed by atoms with E-state index in [-0.39, 0.29) is 25.2 Å². The summed E-state index contributed by atoms with van der Waals surface area (Å²) in [6.45, 7) is 4.32. The van der Waals surface area contributed by atoms with Crippen LogP contribution in [-0.4, -0.2) is 91.9 Å². The van der Waals surface area contributed by atoms with E-state index in [1.807, 2.05) is 35.2 Å². The zero-order valence-electron chi connectivity index (χ0n) is 24.3. The first-order valence-electron chi connectivity index (χ1n) is 14.7. The number of para-hydroxylation sites is 1. The first-order valence-corrected chi connectivity index (χ1v) is 14.7. The minimum Gasteiger partial charge on any atom is -0.493 e. The molecule has 2 aromatic rings. The van der Waals surface area contributed by atoms with Crippen molar-refractivity contribution in [1.82, 2.24) is 9.80 Å². The molecule has 42 heavy (non-hydrogen) atoms. The van der Waals surface area contributed by atoms with Crippen molar-refractivity contribution >= 4 is 23.5 Å². The van der Waals surface area contributed by atoms with Gasteiger partial charge in [-0.25, -0.2) is 0 Å². The topological polar surface area (TPSA) is 135 Å². The van der Waals surface area contributed by atoms with Crippen molar-refractivity contribution in [1.29, 1.82) is 0 Å². The van der Waals surface area contributed by atoms with Gasteiger partial charge < -0.3 is 34.9 Å². The summed E-state index contributed by atoms with van der Waals surface area (Å²) in [4.78, 5) is 44.9. The number of benzene rings is 2. The summed E-state index contributed by atoms with van der Waals surface area (Å²) in [6, 6.07) is 10.8. The zero-order valence-corrected chi connectivity index (χ0v) is 24.3. The maximum absolute atomic E-state index is 13.6. The molecular formula is C31H40N4O7. The van der Waals surface area contributed by atoms with Crippen LogP contribution in [0.3, 0.4) is 0 Å². The molecule has 0 bridgehead atoms. The molecule has 0 spiro atoms. The van der Waals surface area contributed by atoms with E-state index in [2.05, 4.69) is 6.92 Å². The number of methoxy groups -OCH3 is 1. The van der Waals surface area contributed by atoms with Gasteiger partial charge in [-0.15, -0.1) is 0 Å². The summed E-state index contributed by atoms with van der Waals surface area (Å²) in [5.74, 6) is -0.818. The van der Waals surface area contributed by atoms with E-state index in [9.17, 15) is 19.5 Å². The summed E-state index contributed by atoms with van der Waals surface area (Å²) in [5, 5.41) is 10.6. The third-order valence-electron chi connectivity index (χ3n) is 8.59. The number of carboxylic acids is 1. The molecule has 0 aromatic heterocycles. The maximum Gasteiger partial charge on any atom is 0.308 e. The Labute approximate surface area is 246 Å². The number of nitrogens with zero attached hydrogens (tertiary/aromatic N) is 3. The fourth-order valence-corrected chi connectivity index (χ4v) is 6.52. The first kappa shape index (κ1) is 29.7. The number of amides is 2. The normalized spacial score (nSPS) is 21.1. The molecule has 5 rings (SSSR count). The Balaban J connectivity index is 1.45. The van der Waals surface area contributed by atoms with Crippen LogP contribution in [-0.2, 0) is 20.8 Å². The summed E-state index contributed by atoms with van der Waals surface area (Å²) < 4.78 is 16.7. The SMILES string of the molecule is CCCCN(CCN)C(=O)CN1C[C@H](c2cc(OC)c3c(c2)OCO3)C(C(=O)O)[C@@H]1CCN1C(=O)Cc2ccccc21. The molecule has 11 nitrogen and oxygen atoms in total. The van der Waals surface area contributed by atoms with Crippen LogP contribution in [0.1, 0.15) is 43.2 Å². The van der Waals surface area contributed by atoms with Crippen LogP contribution in [0.5, 0.6) is 17.2 Å². The molecule has 3 heterocycles. The molecule has 3 aliphatic heterocycles. The van der Waals surface area contributed by atoms with Crippen molar-refractivity contribution in [2.24, 2.45) is 11.7 Å². The molecule has 1 fully saturated rings. The number of hydrogen-bond acceptors (Lipinski definition) is 8. The summed E-state index contributed by atoms with van der Waals surface area (Å²) >= 11 is 0. The van der Waals surface area contributed by atoms with Gasteiger partial charge in [-0.05, 0) is 42.2 Å². The number of anilines is 1. The van der Waals surface area contributed by atoms with Crippen LogP contribution in [0, 0.1) is 5.92 Å². The number of likely N-dealkylation sites (tertiary alicyclic amines) is 1. The summed E-state index contributed by atoms with van der Waals surface area (Å²) in [6.07, 6.45) is 2.54. The zero-order chi connectivity index (χ0) is 29.8. The van der Waals surface area contributed by atoms with E-state index >= 15 is 0 Å². The lowest BCUT2D eigenvalue weighted by Crippen LogP contribution is -2.46. The first-order chi connectivity index (χ1) is 20.4. The lowest BCUT2D eigenvalue weighted by Gasteiger charge is -2.30. The highest BCUT2D eigenvalue weighted by atomic mass is 16.7. The summed E-state index contributed by atoms with van der Waals surface area (Å²) in [7, 11) is 1.53. The highest BCUT2D eigenvalue weighted by Crippen LogP contribution is 2.47. The third kappa shape index (κ3) is 5.89. The van der Waals surface area contributed by atoms with Crippen LogP contribution in [0.4, 0.5) is 5.69 Å². The van der Waals surface area contributed by atoms with Crippen LogP contribution in [0.2, 0.25) is 0 Å². The van der Waals surface area contributed by atoms with E-state index in [1.54, 1.807) is 15.9 Å². The number of ether oxygens (including phenoxy) is 3. The standard InChI is InChI=1S/C31H40N4O7/c1-3-4-11-33(13-10-32)28(37)18-34-17-22(21-14-25(40-2)30-26(15-21)41-19-42-30)29(31(38)39)24(34)9-12-35-23-8-6-5-7-20(23)16-27(35)36/h5-8,14-15,22,24,29H,3-4,9-13,16-19,32H2,1-2H3,(H,38,39)/t22-,24+,29?/m1/s1. The van der Waals surface area contributed by atoms with E-state index in [4.69, 9.17) is 19.9 Å². The van der Waals surface area contributed by atoms with Gasteiger partial charge in [0.25, 0.3) is 0 Å². The molecule has 2 aromatic carbocycles. The number of hydrogen-bond donors (Lipinski definition) is 2. The highest BCUT2D eigenvalue weighted by molar-refractivity contribution is 6.01. The number of rotatable bonds is 13. The molecule has 0 radical (unpaired) electrons. The van der Waals surface area contributed by atoms with E-state index in [1.165, 1.54) is 7.11 Å². The number of aliphatic carboxylic acids is 1. The molecule has 0 saturated carbocycles. The number of nitrogens with two attached hydrogens (primary N) is 1. The minimum absolute atomic E-state index is 0.00515. The van der Waals surface area contributed by atoms with Crippen molar-refractivity contribution in [3.8, 4) is 17.2 Å². The number of unbranched alkanes of at least 4 members (excludes halogenated alkanes) is 1. The average molecular weight is 581 g/mol. The lowest BCUT2D eigenvalue weighted by atomic mass is 9.84. The molecule has 1 unspecified atom stereocenters. The summed E-state index contributed by atoms with van der Waals surface area (Å²) in [5.41, 5.74) is 8.39. The Bertz CT molecular complexity index is 1320. The molecular weight excluding hydrogens is 540 g/mol. The van der Waals surface area contributed by atoms with Crippen molar-refractivity contribution in [3.05, 3.63) is 47.5 Å². The van der Waals surface area contributed by atoms with Gasteiger partial charge in [0, 0.05) is 50.4 Å². The fraction of sp³-hybridized carbons (Fsp3) is 0.516. The Morgan fingerprint density at radius 3 is 2.74 bits per heavy atom. The second-order valence-electron chi connectivity index (χ2n) is 11.1. The molecule has 3 N–H and O–H groups in total. The molecule has 226 valence electrons. The van der Waals surface area contributed by atoms with Crippen molar-refractivity contribution < 1.29 is 33.7 Å². The largest absolute Gasteiger partial charge is 0.493 e. The maximum atomic E-state index is 13.6. The van der Waals surface area contributed by atoms with Crippen LogP contribution in [0.15, 0.2) is 36.4 Å². The van der Waals surface area contributed by atoms with Crippen LogP contribution >= 0.6 is 0 Å². The number of carbonyl (C=O) groups excluding carboxylic acids is 2. The number of carboxylic acid groups (broad SMARTS) is 1. The monoisotopic (exact) mass is 580 g/mol. The number of carbonyl (C=O) groups is 3. The third-order valence-corrected chi connectivity index (χ3v) is 8.59. The highest BCUT2D eigenvalue weighted by Gasteiger charge is 2.48. The van der Waals surface area contributed by atoms with Gasteiger partial charge in [0.2, 0.25) is 24.4 Å². The Kier molecular flexibility index (Phi) is 9.18. The van der Waals surface area contributed by atoms with Gasteiger partial charge in [0.15, 0.2) is 11.5 Å². The molecule has 2 amide bonds. The molecule has 3 aliphatic rings. The van der Waals surface area contributed by atoms with E-state index in [0.29, 0.717) is 62.8 Å². The minimum atomic E-state index is -0.950. The second-order valence-corrected chi connectivity index (χ2v) is 11.1. The average Bonchev–Trinajstić information content (AvgIpc) is 3.68. The molecule has 1 saturated heterocycles. The van der Waals surface area contributed by atoms with Crippen LogP contribution in [0.25, 0.3) is 0 Å². The van der Waals surface area contributed by atoms with Gasteiger partial charge in [-0.2, -0.15) is 0 Å². The predicted octanol–water partition coefficient (Wildman–Crippen LogP) is 2.46. The Morgan fingerprint density at radius 2 is 2.00 bits per heavy atom. The van der Waals surface area contributed by atoms with Gasteiger partial charge in [-0.3, -0.25) is 19.3 Å². The molecule has 0 aliphatic carbocycles.